The maximum atomic E-state index is 12.8. The molecular formula is C20H19F2N3O3. The predicted molar refractivity (Wildman–Crippen MR) is 99.3 cm³/mol. The summed E-state index contributed by atoms with van der Waals surface area (Å²) in [4.78, 5) is 27.3. The van der Waals surface area contributed by atoms with Gasteiger partial charge in [-0.1, -0.05) is 18.1 Å². The molecule has 1 aromatic heterocycles. The minimum atomic E-state index is -2.81. The van der Waals surface area contributed by atoms with Crippen LogP contribution in [-0.4, -0.2) is 46.5 Å². The molecule has 1 saturated heterocycles. The molecule has 146 valence electrons. The number of aromatic nitrogens is 1. The first-order valence-corrected chi connectivity index (χ1v) is 8.33. The van der Waals surface area contributed by atoms with Crippen molar-refractivity contribution in [1.82, 2.24) is 9.88 Å². The number of likely N-dealkylation sites (N-methyl/N-ethyl adjacent to an activating group) is 1. The Bertz CT molecular complexity index is 913. The number of rotatable bonds is 3. The number of aliphatic hydroxyl groups excluding tert-OH is 1. The molecule has 1 aliphatic rings. The molecule has 2 aromatic rings. The van der Waals surface area contributed by atoms with Crippen LogP contribution in [0.15, 0.2) is 36.4 Å². The van der Waals surface area contributed by atoms with Crippen molar-refractivity contribution >= 4 is 11.8 Å². The van der Waals surface area contributed by atoms with Gasteiger partial charge in [0.25, 0.3) is 18.2 Å². The zero-order chi connectivity index (χ0) is 20.8. The highest BCUT2D eigenvalue weighted by Crippen LogP contribution is 2.25. The Hall–Kier alpha value is -3.31. The van der Waals surface area contributed by atoms with E-state index >= 15 is 0 Å². The van der Waals surface area contributed by atoms with Crippen molar-refractivity contribution < 1.29 is 23.5 Å². The van der Waals surface area contributed by atoms with E-state index in [1.165, 1.54) is 11.0 Å². The maximum absolute atomic E-state index is 12.8. The van der Waals surface area contributed by atoms with Gasteiger partial charge in [0.15, 0.2) is 0 Å². The molecule has 3 rings (SSSR count). The highest BCUT2D eigenvalue weighted by molar-refractivity contribution is 5.93. The zero-order valence-corrected chi connectivity index (χ0v) is 15.1. The van der Waals surface area contributed by atoms with Crippen molar-refractivity contribution in [3.63, 3.8) is 0 Å². The van der Waals surface area contributed by atoms with Gasteiger partial charge in [0.2, 0.25) is 0 Å². The average molecular weight is 387 g/mol. The van der Waals surface area contributed by atoms with Gasteiger partial charge in [-0.25, -0.2) is 13.8 Å². The molecule has 3 N–H and O–H groups in total. The summed E-state index contributed by atoms with van der Waals surface area (Å²) in [6.07, 6.45) is 2.36. The lowest BCUT2D eigenvalue weighted by atomic mass is 10.1. The van der Waals surface area contributed by atoms with Gasteiger partial charge in [-0.3, -0.25) is 9.59 Å². The van der Waals surface area contributed by atoms with Gasteiger partial charge in [0, 0.05) is 30.3 Å². The summed E-state index contributed by atoms with van der Waals surface area (Å²) in [6.45, 7) is 0.694. The molecular weight excluding hydrogens is 368 g/mol. The molecule has 6 nitrogen and oxygen atoms in total. The first-order valence-electron chi connectivity index (χ1n) is 8.33. The molecule has 0 radical (unpaired) electrons. The number of hydrogen-bond donors (Lipinski definition) is 2. The minimum absolute atomic E-state index is 0.148. The Morgan fingerprint density at radius 2 is 2.11 bits per heavy atom. The summed E-state index contributed by atoms with van der Waals surface area (Å²) in [7, 11) is 1.69. The predicted octanol–water partition coefficient (Wildman–Crippen LogP) is 1.98. The number of nitrogens with two attached hydrogens (primary N) is 1. The van der Waals surface area contributed by atoms with Crippen molar-refractivity contribution in [2.75, 3.05) is 13.6 Å². The van der Waals surface area contributed by atoms with Crippen LogP contribution in [0.3, 0.4) is 0 Å². The first kappa shape index (κ1) is 21.0. The van der Waals surface area contributed by atoms with Crippen LogP contribution in [0.2, 0.25) is 0 Å². The molecule has 0 unspecified atom stereocenters. The van der Waals surface area contributed by atoms with E-state index in [0.717, 1.165) is 6.07 Å². The van der Waals surface area contributed by atoms with Crippen LogP contribution in [0, 0.1) is 12.3 Å². The fraction of sp³-hybridized carbons (Fsp3) is 0.250. The Balaban J connectivity index is 0.000000292. The van der Waals surface area contributed by atoms with Crippen LogP contribution in [0.4, 0.5) is 8.78 Å². The van der Waals surface area contributed by atoms with Crippen molar-refractivity contribution in [2.24, 2.45) is 5.73 Å². The summed E-state index contributed by atoms with van der Waals surface area (Å²) >= 11 is 0. The van der Waals surface area contributed by atoms with Gasteiger partial charge in [0.05, 0.1) is 5.69 Å². The maximum Gasteiger partial charge on any atom is 0.267 e. The number of alkyl halides is 2. The monoisotopic (exact) mass is 387 g/mol. The first-order chi connectivity index (χ1) is 13.2. The number of carbonyl (C=O) groups is 2. The summed E-state index contributed by atoms with van der Waals surface area (Å²) in [5.74, 6) is 1.33. The SMILES string of the molecule is C#Cc1cccc(-c2ccc(C(F)F)c(C(N)=O)n2)c1.CN1CC[C@H](O)C1=O. The molecule has 8 heteroatoms. The topological polar surface area (TPSA) is 96.5 Å². The summed E-state index contributed by atoms with van der Waals surface area (Å²) in [5.41, 5.74) is 5.80. The van der Waals surface area contributed by atoms with E-state index in [1.54, 1.807) is 31.3 Å². The number of likely N-dealkylation sites (tertiary alicyclic amines) is 1. The van der Waals surface area contributed by atoms with Crippen LogP contribution >= 0.6 is 0 Å². The number of aliphatic hydroxyl groups is 1. The zero-order valence-electron chi connectivity index (χ0n) is 15.1. The number of primary amides is 1. The third kappa shape index (κ3) is 4.90. The highest BCUT2D eigenvalue weighted by Gasteiger charge is 2.26. The summed E-state index contributed by atoms with van der Waals surface area (Å²) in [6, 6.07) is 9.40. The second-order valence-corrected chi connectivity index (χ2v) is 6.09. The third-order valence-electron chi connectivity index (χ3n) is 4.12. The number of terminal acetylenes is 1. The van der Waals surface area contributed by atoms with E-state index in [-0.39, 0.29) is 5.91 Å². The number of hydrogen-bond acceptors (Lipinski definition) is 4. The minimum Gasteiger partial charge on any atom is -0.383 e. The number of benzene rings is 1. The van der Waals surface area contributed by atoms with Crippen LogP contribution in [0.25, 0.3) is 11.3 Å². The lowest BCUT2D eigenvalue weighted by molar-refractivity contribution is -0.133. The molecule has 2 amide bonds. The largest absolute Gasteiger partial charge is 0.383 e. The van der Waals surface area contributed by atoms with Crippen LogP contribution in [-0.2, 0) is 4.79 Å². The van der Waals surface area contributed by atoms with E-state index in [4.69, 9.17) is 17.3 Å². The second kappa shape index (κ2) is 9.06. The molecule has 1 aliphatic heterocycles. The Morgan fingerprint density at radius 3 is 2.57 bits per heavy atom. The molecule has 0 spiro atoms. The van der Waals surface area contributed by atoms with E-state index in [9.17, 15) is 18.4 Å². The molecule has 2 heterocycles. The van der Waals surface area contributed by atoms with Crippen LogP contribution < -0.4 is 5.73 Å². The Morgan fingerprint density at radius 1 is 1.39 bits per heavy atom. The van der Waals surface area contributed by atoms with E-state index < -0.39 is 29.7 Å². The fourth-order valence-corrected chi connectivity index (χ4v) is 2.58. The van der Waals surface area contributed by atoms with Gasteiger partial charge in [-0.15, -0.1) is 6.42 Å². The molecule has 0 saturated carbocycles. The molecule has 1 aromatic carbocycles. The quantitative estimate of drug-likeness (QED) is 0.787. The van der Waals surface area contributed by atoms with E-state index in [0.29, 0.717) is 29.8 Å². The normalized spacial score (nSPS) is 15.8. The third-order valence-corrected chi connectivity index (χ3v) is 4.12. The van der Waals surface area contributed by atoms with Crippen LogP contribution in [0.1, 0.15) is 34.5 Å². The Labute approximate surface area is 161 Å². The summed E-state index contributed by atoms with van der Waals surface area (Å²) < 4.78 is 25.5. The number of amides is 2. The van der Waals surface area contributed by atoms with Crippen molar-refractivity contribution in [1.29, 1.82) is 0 Å². The van der Waals surface area contributed by atoms with E-state index in [2.05, 4.69) is 10.9 Å². The number of pyridine rings is 1. The van der Waals surface area contributed by atoms with Gasteiger partial charge < -0.3 is 15.7 Å². The lowest BCUT2D eigenvalue weighted by Crippen LogP contribution is -2.24. The number of carbonyl (C=O) groups excluding carboxylic acids is 2. The molecule has 0 bridgehead atoms. The lowest BCUT2D eigenvalue weighted by Gasteiger charge is -2.08. The van der Waals surface area contributed by atoms with Gasteiger partial charge in [-0.2, -0.15) is 0 Å². The van der Waals surface area contributed by atoms with E-state index in [1.807, 2.05) is 0 Å². The Kier molecular flexibility index (Phi) is 6.79. The molecule has 0 aliphatic carbocycles. The van der Waals surface area contributed by atoms with Crippen molar-refractivity contribution in [3.8, 4) is 23.6 Å². The molecule has 1 atom stereocenters. The van der Waals surface area contributed by atoms with Crippen LogP contribution in [0.5, 0.6) is 0 Å². The highest BCUT2D eigenvalue weighted by atomic mass is 19.3. The van der Waals surface area contributed by atoms with Gasteiger partial charge >= 0.3 is 0 Å². The number of nitrogens with zero attached hydrogens (tertiary/aromatic N) is 2. The molecule has 1 fully saturated rings. The standard InChI is InChI=1S/C15H10F2N2O.C5H9NO2/c1-2-9-4-3-5-10(8-9)12-7-6-11(14(16)17)13(19-12)15(18)20;1-6-3-2-4(7)5(6)8/h1,3-8,14H,(H2,18,20);4,7H,2-3H2,1H3/t;4-/m.0/s1. The fourth-order valence-electron chi connectivity index (χ4n) is 2.58. The smallest absolute Gasteiger partial charge is 0.267 e. The van der Waals surface area contributed by atoms with Crippen molar-refractivity contribution in [3.05, 3.63) is 53.2 Å². The van der Waals surface area contributed by atoms with Gasteiger partial charge in [0.1, 0.15) is 11.8 Å². The van der Waals surface area contributed by atoms with Crippen molar-refractivity contribution in [2.45, 2.75) is 19.0 Å². The summed E-state index contributed by atoms with van der Waals surface area (Å²) in [5, 5.41) is 8.78. The molecule has 28 heavy (non-hydrogen) atoms. The average Bonchev–Trinajstić information content (AvgIpc) is 2.98. The van der Waals surface area contributed by atoms with Gasteiger partial charge in [-0.05, 0) is 30.7 Å². The second-order valence-electron chi connectivity index (χ2n) is 6.09. The number of halogens is 2.